The Morgan fingerprint density at radius 3 is 2.53 bits per heavy atom. The maximum absolute atomic E-state index is 12.1. The van der Waals surface area contributed by atoms with E-state index in [0.717, 1.165) is 38.5 Å². The van der Waals surface area contributed by atoms with Gasteiger partial charge in [-0.25, -0.2) is 4.79 Å². The van der Waals surface area contributed by atoms with Gasteiger partial charge in [-0.05, 0) is 38.6 Å². The molecule has 1 atom stereocenters. The number of carbonyl (C=O) groups excluding carboxylic acids is 2. The lowest BCUT2D eigenvalue weighted by atomic mass is 9.88. The largest absolute Gasteiger partial charge is 0.467 e. The first-order chi connectivity index (χ1) is 9.19. The van der Waals surface area contributed by atoms with Crippen LogP contribution >= 0.6 is 0 Å². The number of esters is 1. The SMILES string of the molecule is COC(=O)C(CCCCN)NC(=O)C1CCCCC1. The van der Waals surface area contributed by atoms with Crippen LogP contribution < -0.4 is 11.1 Å². The van der Waals surface area contributed by atoms with Crippen LogP contribution in [0.5, 0.6) is 0 Å². The molecular weight excluding hydrogens is 244 g/mol. The lowest BCUT2D eigenvalue weighted by molar-refractivity contribution is -0.146. The predicted octanol–water partition coefficient (Wildman–Crippen LogP) is 1.35. The van der Waals surface area contributed by atoms with E-state index in [1.54, 1.807) is 0 Å². The smallest absolute Gasteiger partial charge is 0.328 e. The third kappa shape index (κ3) is 5.59. The predicted molar refractivity (Wildman–Crippen MR) is 73.4 cm³/mol. The van der Waals surface area contributed by atoms with Crippen molar-refractivity contribution in [3.63, 3.8) is 0 Å². The lowest BCUT2D eigenvalue weighted by Crippen LogP contribution is -2.44. The second-order valence-corrected chi connectivity index (χ2v) is 5.20. The summed E-state index contributed by atoms with van der Waals surface area (Å²) in [5.41, 5.74) is 5.44. The Kier molecular flexibility index (Phi) is 7.48. The van der Waals surface area contributed by atoms with E-state index >= 15 is 0 Å². The quantitative estimate of drug-likeness (QED) is 0.540. The van der Waals surface area contributed by atoms with Crippen LogP contribution in [0.4, 0.5) is 0 Å². The number of amides is 1. The highest BCUT2D eigenvalue weighted by Gasteiger charge is 2.26. The Hall–Kier alpha value is -1.10. The van der Waals surface area contributed by atoms with E-state index in [1.165, 1.54) is 13.5 Å². The van der Waals surface area contributed by atoms with Crippen molar-refractivity contribution in [2.75, 3.05) is 13.7 Å². The summed E-state index contributed by atoms with van der Waals surface area (Å²) in [6.45, 7) is 0.602. The molecule has 0 aromatic heterocycles. The summed E-state index contributed by atoms with van der Waals surface area (Å²) < 4.78 is 4.75. The van der Waals surface area contributed by atoms with E-state index in [-0.39, 0.29) is 17.8 Å². The number of unbranched alkanes of at least 4 members (excludes halogenated alkanes) is 1. The van der Waals surface area contributed by atoms with Crippen molar-refractivity contribution in [2.24, 2.45) is 11.7 Å². The van der Waals surface area contributed by atoms with Crippen LogP contribution in [0.15, 0.2) is 0 Å². The summed E-state index contributed by atoms with van der Waals surface area (Å²) in [5, 5.41) is 2.84. The Morgan fingerprint density at radius 2 is 1.95 bits per heavy atom. The number of nitrogens with one attached hydrogen (secondary N) is 1. The van der Waals surface area contributed by atoms with Gasteiger partial charge in [-0.1, -0.05) is 19.3 Å². The summed E-state index contributed by atoms with van der Waals surface area (Å²) in [4.78, 5) is 23.8. The average molecular weight is 270 g/mol. The summed E-state index contributed by atoms with van der Waals surface area (Å²) >= 11 is 0. The fraction of sp³-hybridized carbons (Fsp3) is 0.857. The van der Waals surface area contributed by atoms with Crippen LogP contribution in [0.25, 0.3) is 0 Å². The minimum absolute atomic E-state index is 0.00264. The Morgan fingerprint density at radius 1 is 1.26 bits per heavy atom. The number of hydrogen-bond acceptors (Lipinski definition) is 4. The summed E-state index contributed by atoms with van der Waals surface area (Å²) in [6.07, 6.45) is 7.56. The first kappa shape index (κ1) is 16.0. The molecular formula is C14H26N2O3. The zero-order chi connectivity index (χ0) is 14.1. The van der Waals surface area contributed by atoms with Crippen molar-refractivity contribution >= 4 is 11.9 Å². The molecule has 1 fully saturated rings. The topological polar surface area (TPSA) is 81.4 Å². The molecule has 3 N–H and O–H groups in total. The average Bonchev–Trinajstić information content (AvgIpc) is 2.46. The van der Waals surface area contributed by atoms with Crippen LogP contribution in [-0.4, -0.2) is 31.6 Å². The minimum atomic E-state index is -0.522. The molecule has 1 unspecified atom stereocenters. The first-order valence-corrected chi connectivity index (χ1v) is 7.27. The highest BCUT2D eigenvalue weighted by Crippen LogP contribution is 2.23. The van der Waals surface area contributed by atoms with Crippen LogP contribution in [-0.2, 0) is 14.3 Å². The number of ether oxygens (including phenoxy) is 1. The van der Waals surface area contributed by atoms with Crippen molar-refractivity contribution < 1.29 is 14.3 Å². The van der Waals surface area contributed by atoms with Gasteiger partial charge in [0.2, 0.25) is 5.91 Å². The summed E-state index contributed by atoms with van der Waals surface area (Å²) in [7, 11) is 1.35. The van der Waals surface area contributed by atoms with Crippen molar-refractivity contribution in [1.29, 1.82) is 0 Å². The van der Waals surface area contributed by atoms with Gasteiger partial charge in [0.05, 0.1) is 7.11 Å². The molecule has 0 saturated heterocycles. The number of methoxy groups -OCH3 is 1. The molecule has 1 aliphatic carbocycles. The molecule has 5 heteroatoms. The molecule has 1 saturated carbocycles. The highest BCUT2D eigenvalue weighted by molar-refractivity contribution is 5.85. The van der Waals surface area contributed by atoms with E-state index in [2.05, 4.69) is 5.32 Å². The monoisotopic (exact) mass is 270 g/mol. The Bertz CT molecular complexity index is 288. The van der Waals surface area contributed by atoms with Crippen LogP contribution in [0.2, 0.25) is 0 Å². The van der Waals surface area contributed by atoms with Crippen LogP contribution in [0.1, 0.15) is 51.4 Å². The first-order valence-electron chi connectivity index (χ1n) is 7.27. The number of hydrogen-bond donors (Lipinski definition) is 2. The molecule has 0 radical (unpaired) electrons. The standard InChI is InChI=1S/C14H26N2O3/c1-19-14(18)12(9-5-6-10-15)16-13(17)11-7-3-2-4-8-11/h11-12H,2-10,15H2,1H3,(H,16,17). The lowest BCUT2D eigenvalue weighted by Gasteiger charge is -2.23. The van der Waals surface area contributed by atoms with E-state index in [9.17, 15) is 9.59 Å². The molecule has 0 aliphatic heterocycles. The fourth-order valence-electron chi connectivity index (χ4n) is 2.54. The molecule has 0 spiro atoms. The van der Waals surface area contributed by atoms with Crippen molar-refractivity contribution in [3.8, 4) is 0 Å². The minimum Gasteiger partial charge on any atom is -0.467 e. The molecule has 1 aliphatic rings. The normalized spacial score (nSPS) is 17.8. The second-order valence-electron chi connectivity index (χ2n) is 5.20. The third-order valence-electron chi connectivity index (χ3n) is 3.73. The van der Waals surface area contributed by atoms with E-state index in [1.807, 2.05) is 0 Å². The van der Waals surface area contributed by atoms with Crippen molar-refractivity contribution in [2.45, 2.75) is 57.4 Å². The summed E-state index contributed by atoms with van der Waals surface area (Å²) in [6, 6.07) is -0.522. The molecule has 110 valence electrons. The highest BCUT2D eigenvalue weighted by atomic mass is 16.5. The molecule has 0 aromatic rings. The van der Waals surface area contributed by atoms with Gasteiger partial charge in [0.1, 0.15) is 6.04 Å². The maximum atomic E-state index is 12.1. The van der Waals surface area contributed by atoms with Gasteiger partial charge in [0.25, 0.3) is 0 Å². The molecule has 5 nitrogen and oxygen atoms in total. The van der Waals surface area contributed by atoms with E-state index in [4.69, 9.17) is 10.5 Å². The number of carbonyl (C=O) groups is 2. The van der Waals surface area contributed by atoms with Crippen LogP contribution in [0.3, 0.4) is 0 Å². The second kappa shape index (κ2) is 8.91. The van der Waals surface area contributed by atoms with Gasteiger partial charge in [-0.2, -0.15) is 0 Å². The van der Waals surface area contributed by atoms with Gasteiger partial charge in [-0.15, -0.1) is 0 Å². The summed E-state index contributed by atoms with van der Waals surface area (Å²) in [5.74, 6) is -0.292. The third-order valence-corrected chi connectivity index (χ3v) is 3.73. The van der Waals surface area contributed by atoms with Crippen LogP contribution in [0, 0.1) is 5.92 Å². The molecule has 19 heavy (non-hydrogen) atoms. The fourth-order valence-corrected chi connectivity index (χ4v) is 2.54. The van der Waals surface area contributed by atoms with E-state index in [0.29, 0.717) is 13.0 Å². The molecule has 0 heterocycles. The molecule has 0 bridgehead atoms. The molecule has 0 aromatic carbocycles. The van der Waals surface area contributed by atoms with Gasteiger partial charge < -0.3 is 15.8 Å². The van der Waals surface area contributed by atoms with Gasteiger partial charge in [-0.3, -0.25) is 4.79 Å². The van der Waals surface area contributed by atoms with E-state index < -0.39 is 6.04 Å². The number of nitrogens with two attached hydrogens (primary N) is 1. The van der Waals surface area contributed by atoms with Crippen molar-refractivity contribution in [3.05, 3.63) is 0 Å². The maximum Gasteiger partial charge on any atom is 0.328 e. The number of rotatable bonds is 7. The van der Waals surface area contributed by atoms with Gasteiger partial charge in [0, 0.05) is 5.92 Å². The van der Waals surface area contributed by atoms with Gasteiger partial charge in [0.15, 0.2) is 0 Å². The Labute approximate surface area is 115 Å². The van der Waals surface area contributed by atoms with Crippen molar-refractivity contribution in [1.82, 2.24) is 5.32 Å². The zero-order valence-electron chi connectivity index (χ0n) is 11.8. The van der Waals surface area contributed by atoms with Gasteiger partial charge >= 0.3 is 5.97 Å². The molecule has 1 amide bonds. The Balaban J connectivity index is 2.45. The molecule has 1 rings (SSSR count). The zero-order valence-corrected chi connectivity index (χ0v) is 11.8.